The summed E-state index contributed by atoms with van der Waals surface area (Å²) >= 11 is 0. The van der Waals surface area contributed by atoms with Crippen LogP contribution in [-0.2, 0) is 22.7 Å². The van der Waals surface area contributed by atoms with Crippen LogP contribution in [0.2, 0.25) is 0 Å². The van der Waals surface area contributed by atoms with Crippen LogP contribution < -0.4 is 0 Å². The molecule has 0 fully saturated rings. The second-order valence-corrected chi connectivity index (χ2v) is 10.6. The summed E-state index contributed by atoms with van der Waals surface area (Å²) in [5.74, 6) is -34.0. The van der Waals surface area contributed by atoms with Crippen molar-refractivity contribution >= 4 is 23.2 Å². The Bertz CT molecular complexity index is 2030. The third kappa shape index (κ3) is 5.16. The monoisotopic (exact) mass is 720 g/mol. The number of carbonyl (C=O) groups is 2. The highest BCUT2D eigenvalue weighted by Crippen LogP contribution is 2.48. The molecule has 258 valence electrons. The van der Waals surface area contributed by atoms with Gasteiger partial charge in [-0.1, -0.05) is 0 Å². The molecule has 50 heavy (non-hydrogen) atoms. The Hall–Kier alpha value is -5.68. The number of amides is 2. The van der Waals surface area contributed by atoms with Crippen molar-refractivity contribution in [2.45, 2.75) is 13.1 Å². The predicted molar refractivity (Wildman–Crippen MR) is 140 cm³/mol. The average molecular weight is 720 g/mol. The van der Waals surface area contributed by atoms with E-state index < -0.39 is 151 Å². The lowest BCUT2D eigenvalue weighted by Crippen LogP contribution is -2.31. The highest BCUT2D eigenvalue weighted by atomic mass is 19.2. The number of fused-ring (bicyclic) bond motifs is 1. The molecule has 6 rings (SSSR count). The van der Waals surface area contributed by atoms with Crippen LogP contribution in [0.1, 0.15) is 22.3 Å². The van der Waals surface area contributed by atoms with E-state index in [0.29, 0.717) is 24.3 Å². The van der Waals surface area contributed by atoms with Gasteiger partial charge in [-0.15, -0.1) is 0 Å². The molecular weight excluding hydrogens is 710 g/mol. The zero-order chi connectivity index (χ0) is 36.7. The first-order valence-corrected chi connectivity index (χ1v) is 13.5. The molecule has 0 saturated carbocycles. The van der Waals surface area contributed by atoms with Gasteiger partial charge in [-0.3, -0.25) is 9.59 Å². The standard InChI is InChI=1S/C32H10F14N2O2/c33-11-1-9(2-12(34)5-11)29-17-18(32(50)47(29)7-15-19(37)23(41)27(45)24(42)20(15)38)30(10-3-13(35)6-14(36)4-10)48(31(17)49)8-16-21(39)25(43)28(46)26(44)22(16)40/h1-6H,7-8H2. The molecule has 2 heterocycles. The lowest BCUT2D eigenvalue weighted by atomic mass is 10.0. The summed E-state index contributed by atoms with van der Waals surface area (Å²) in [6, 6.07) is 2.32. The maximum absolute atomic E-state index is 14.8. The molecule has 0 atom stereocenters. The van der Waals surface area contributed by atoms with Crippen molar-refractivity contribution in [2.24, 2.45) is 0 Å². The predicted octanol–water partition coefficient (Wildman–Crippen LogP) is 7.84. The Labute approximate surface area is 268 Å². The van der Waals surface area contributed by atoms with Crippen LogP contribution in [0.25, 0.3) is 11.4 Å². The van der Waals surface area contributed by atoms with E-state index in [4.69, 9.17) is 0 Å². The summed E-state index contributed by atoms with van der Waals surface area (Å²) in [7, 11) is 0. The quantitative estimate of drug-likeness (QED) is 0.116. The fourth-order valence-electron chi connectivity index (χ4n) is 5.57. The minimum atomic E-state index is -2.60. The van der Waals surface area contributed by atoms with Crippen LogP contribution in [-0.4, -0.2) is 21.6 Å². The Kier molecular flexibility index (Phi) is 8.22. The van der Waals surface area contributed by atoms with Gasteiger partial charge in [0.25, 0.3) is 11.8 Å². The molecule has 0 spiro atoms. The maximum atomic E-state index is 14.8. The topological polar surface area (TPSA) is 40.6 Å². The lowest BCUT2D eigenvalue weighted by molar-refractivity contribution is -0.124. The van der Waals surface area contributed by atoms with Gasteiger partial charge in [0.2, 0.25) is 11.6 Å². The van der Waals surface area contributed by atoms with Crippen molar-refractivity contribution in [3.05, 3.63) is 151 Å². The highest BCUT2D eigenvalue weighted by Gasteiger charge is 2.50. The fourth-order valence-corrected chi connectivity index (χ4v) is 5.57. The zero-order valence-corrected chi connectivity index (χ0v) is 23.9. The molecule has 2 aliphatic rings. The minimum Gasteiger partial charge on any atom is -0.302 e. The fraction of sp³-hybridized carbons (Fsp3) is 0.0625. The number of hydrogen-bond donors (Lipinski definition) is 0. The normalized spacial score (nSPS) is 14.6. The number of rotatable bonds is 6. The van der Waals surface area contributed by atoms with Gasteiger partial charge in [-0.25, -0.2) is 61.5 Å². The summed E-state index contributed by atoms with van der Waals surface area (Å²) in [5, 5.41) is 0. The van der Waals surface area contributed by atoms with Crippen molar-refractivity contribution < 1.29 is 71.1 Å². The van der Waals surface area contributed by atoms with E-state index in [0.717, 1.165) is 0 Å². The van der Waals surface area contributed by atoms with Gasteiger partial charge in [-0.05, 0) is 24.3 Å². The Morgan fingerprint density at radius 2 is 0.600 bits per heavy atom. The Morgan fingerprint density at radius 3 is 0.860 bits per heavy atom. The molecule has 0 bridgehead atoms. The number of hydrogen-bond acceptors (Lipinski definition) is 2. The summed E-state index contributed by atoms with van der Waals surface area (Å²) < 4.78 is 201. The average Bonchev–Trinajstić information content (AvgIpc) is 3.50. The summed E-state index contributed by atoms with van der Waals surface area (Å²) in [5.41, 5.74) is -9.23. The first kappa shape index (κ1) is 34.2. The number of nitrogens with zero attached hydrogens (tertiary/aromatic N) is 2. The van der Waals surface area contributed by atoms with Gasteiger partial charge >= 0.3 is 0 Å². The molecule has 4 nitrogen and oxygen atoms in total. The first-order chi connectivity index (χ1) is 23.4. The van der Waals surface area contributed by atoms with Crippen LogP contribution >= 0.6 is 0 Å². The van der Waals surface area contributed by atoms with Crippen molar-refractivity contribution in [1.82, 2.24) is 9.80 Å². The van der Waals surface area contributed by atoms with Crippen LogP contribution in [0.4, 0.5) is 61.5 Å². The molecule has 18 heteroatoms. The van der Waals surface area contributed by atoms with Crippen molar-refractivity contribution in [1.29, 1.82) is 0 Å². The van der Waals surface area contributed by atoms with Crippen LogP contribution in [0, 0.1) is 81.4 Å². The minimum absolute atomic E-state index is 0.125. The Balaban J connectivity index is 1.66. The van der Waals surface area contributed by atoms with Gasteiger partial charge < -0.3 is 9.80 Å². The zero-order valence-electron chi connectivity index (χ0n) is 23.9. The van der Waals surface area contributed by atoms with Crippen LogP contribution in [0.3, 0.4) is 0 Å². The molecule has 0 aromatic heterocycles. The second-order valence-electron chi connectivity index (χ2n) is 10.6. The third-order valence-electron chi connectivity index (χ3n) is 7.69. The number of benzene rings is 4. The molecule has 0 N–H and O–H groups in total. The largest absolute Gasteiger partial charge is 0.302 e. The first-order valence-electron chi connectivity index (χ1n) is 13.5. The molecule has 4 aromatic carbocycles. The summed E-state index contributed by atoms with van der Waals surface area (Å²) in [6.07, 6.45) is 0. The smallest absolute Gasteiger partial charge is 0.261 e. The van der Waals surface area contributed by atoms with Crippen molar-refractivity contribution in [3.8, 4) is 0 Å². The Morgan fingerprint density at radius 1 is 0.360 bits per heavy atom. The van der Waals surface area contributed by atoms with Gasteiger partial charge in [0.15, 0.2) is 46.5 Å². The second kappa shape index (κ2) is 12.0. The lowest BCUT2D eigenvalue weighted by Gasteiger charge is -2.26. The summed E-state index contributed by atoms with van der Waals surface area (Å²) in [6.45, 7) is -3.30. The van der Waals surface area contributed by atoms with Gasteiger partial charge in [0.05, 0.1) is 35.6 Å². The third-order valence-corrected chi connectivity index (χ3v) is 7.69. The molecule has 0 aliphatic carbocycles. The van der Waals surface area contributed by atoms with Crippen LogP contribution in [0.15, 0.2) is 47.5 Å². The molecule has 2 amide bonds. The molecule has 0 radical (unpaired) electrons. The van der Waals surface area contributed by atoms with E-state index in [2.05, 4.69) is 0 Å². The van der Waals surface area contributed by atoms with Crippen molar-refractivity contribution in [2.75, 3.05) is 0 Å². The molecule has 0 saturated heterocycles. The number of carbonyl (C=O) groups excluding carboxylic acids is 2. The van der Waals surface area contributed by atoms with E-state index in [1.54, 1.807) is 0 Å². The van der Waals surface area contributed by atoms with E-state index in [-0.39, 0.29) is 21.9 Å². The molecular formula is C32H10F14N2O2. The van der Waals surface area contributed by atoms with E-state index in [1.807, 2.05) is 0 Å². The maximum Gasteiger partial charge on any atom is 0.261 e. The van der Waals surface area contributed by atoms with Crippen molar-refractivity contribution in [3.63, 3.8) is 0 Å². The molecule has 4 aromatic rings. The van der Waals surface area contributed by atoms with E-state index in [9.17, 15) is 71.1 Å². The van der Waals surface area contributed by atoms with Gasteiger partial charge in [0, 0.05) is 34.4 Å². The van der Waals surface area contributed by atoms with E-state index in [1.165, 1.54) is 0 Å². The number of halogens is 14. The molecule has 0 unspecified atom stereocenters. The van der Waals surface area contributed by atoms with Gasteiger partial charge in [0.1, 0.15) is 23.3 Å². The van der Waals surface area contributed by atoms with E-state index >= 15 is 0 Å². The van der Waals surface area contributed by atoms with Crippen LogP contribution in [0.5, 0.6) is 0 Å². The highest BCUT2D eigenvalue weighted by molar-refractivity contribution is 6.30. The molecule has 2 aliphatic heterocycles. The summed E-state index contributed by atoms with van der Waals surface area (Å²) in [4.78, 5) is 28.3. The van der Waals surface area contributed by atoms with Gasteiger partial charge in [-0.2, -0.15) is 0 Å². The SMILES string of the molecule is O=C1C2=C(c3cc(F)cc(F)c3)N(Cc3c(F)c(F)c(F)c(F)c3F)C(=O)C2=C(c2cc(F)cc(F)c2)N1Cc1c(F)c(F)c(F)c(F)c1F.